The molecule has 0 aliphatic carbocycles. The number of aromatic nitrogens is 1. The third kappa shape index (κ3) is 6.40. The zero-order valence-electron chi connectivity index (χ0n) is 11.7. The number of unbranched alkanes of at least 4 members (excludes halogenated alkanes) is 1. The maximum Gasteiger partial charge on any atom is 0.224 e. The highest BCUT2D eigenvalue weighted by Gasteiger charge is 2.04. The van der Waals surface area contributed by atoms with Gasteiger partial charge in [-0.2, -0.15) is 0 Å². The predicted molar refractivity (Wildman–Crippen MR) is 77.2 cm³/mol. The van der Waals surface area contributed by atoms with Gasteiger partial charge in [0.2, 0.25) is 5.91 Å². The van der Waals surface area contributed by atoms with Crippen molar-refractivity contribution in [1.29, 1.82) is 0 Å². The van der Waals surface area contributed by atoms with Crippen molar-refractivity contribution < 1.29 is 31.4 Å². The van der Waals surface area contributed by atoms with Crippen LogP contribution in [0.15, 0.2) is 54.9 Å². The number of carbonyl (C=O) groups is 1. The highest BCUT2D eigenvalue weighted by atomic mass is 79.9. The second-order valence-corrected chi connectivity index (χ2v) is 4.67. The topological polar surface area (TPSA) is 53.2 Å². The first-order valence-corrected chi connectivity index (χ1v) is 6.77. The Labute approximate surface area is 135 Å². The van der Waals surface area contributed by atoms with E-state index in [0.717, 1.165) is 19.4 Å². The molecule has 0 aliphatic rings. The maximum atomic E-state index is 11.7. The first kappa shape index (κ1) is 17.2. The van der Waals surface area contributed by atoms with E-state index in [2.05, 4.69) is 9.88 Å². The number of pyridine rings is 1. The molecular formula is C16H19BrN2O2. The average Bonchev–Trinajstić information content (AvgIpc) is 2.47. The zero-order chi connectivity index (χ0) is 14.2. The quantitative estimate of drug-likeness (QED) is 0.419. The zero-order valence-corrected chi connectivity index (χ0v) is 13.3. The van der Waals surface area contributed by atoms with Crippen LogP contribution in [0, 0.1) is 0 Å². The van der Waals surface area contributed by atoms with Gasteiger partial charge in [-0.3, -0.25) is 4.79 Å². The first-order valence-electron chi connectivity index (χ1n) is 6.77. The van der Waals surface area contributed by atoms with E-state index in [4.69, 9.17) is 5.11 Å². The van der Waals surface area contributed by atoms with E-state index in [-0.39, 0.29) is 28.6 Å². The number of aromatic hydroxyl groups is 1. The van der Waals surface area contributed by atoms with Crippen LogP contribution in [0.3, 0.4) is 0 Å². The lowest BCUT2D eigenvalue weighted by Crippen LogP contribution is -3.00. The lowest BCUT2D eigenvalue weighted by molar-refractivity contribution is -0.697. The average molecular weight is 351 g/mol. The van der Waals surface area contributed by atoms with Crippen LogP contribution < -0.4 is 26.9 Å². The summed E-state index contributed by atoms with van der Waals surface area (Å²) >= 11 is 0. The Bertz CT molecular complexity index is 544. The minimum Gasteiger partial charge on any atom is -1.00 e. The number of amides is 1. The number of benzene rings is 1. The first-order chi connectivity index (χ1) is 9.74. The van der Waals surface area contributed by atoms with Gasteiger partial charge in [-0.05, 0) is 30.7 Å². The van der Waals surface area contributed by atoms with Crippen molar-refractivity contribution in [3.05, 3.63) is 54.9 Å². The van der Waals surface area contributed by atoms with Crippen LogP contribution in [0.25, 0.3) is 0 Å². The molecule has 0 aliphatic heterocycles. The lowest BCUT2D eigenvalue weighted by Gasteiger charge is -2.04. The van der Waals surface area contributed by atoms with Gasteiger partial charge in [0.15, 0.2) is 12.4 Å². The third-order valence-electron chi connectivity index (χ3n) is 3.00. The number of phenols is 1. The second kappa shape index (κ2) is 9.13. The van der Waals surface area contributed by atoms with Crippen LogP contribution in [0.5, 0.6) is 5.75 Å². The molecule has 112 valence electrons. The normalized spacial score (nSPS) is 9.71. The fourth-order valence-corrected chi connectivity index (χ4v) is 1.93. The Morgan fingerprint density at radius 2 is 1.71 bits per heavy atom. The summed E-state index contributed by atoms with van der Waals surface area (Å²) in [5.74, 6) is 0.205. The van der Waals surface area contributed by atoms with Crippen LogP contribution in [0.4, 0.5) is 5.69 Å². The lowest BCUT2D eigenvalue weighted by atomic mass is 10.2. The van der Waals surface area contributed by atoms with Crippen molar-refractivity contribution in [1.82, 2.24) is 0 Å². The smallest absolute Gasteiger partial charge is 0.224 e. The molecule has 2 N–H and O–H groups in total. The molecular weight excluding hydrogens is 332 g/mol. The molecule has 0 spiro atoms. The van der Waals surface area contributed by atoms with E-state index in [1.807, 2.05) is 30.6 Å². The molecule has 0 fully saturated rings. The van der Waals surface area contributed by atoms with Crippen molar-refractivity contribution in [3.8, 4) is 5.75 Å². The molecule has 0 bridgehead atoms. The van der Waals surface area contributed by atoms with Crippen LogP contribution in [-0.2, 0) is 11.3 Å². The number of anilines is 1. The van der Waals surface area contributed by atoms with Crippen molar-refractivity contribution >= 4 is 11.6 Å². The third-order valence-corrected chi connectivity index (χ3v) is 3.00. The summed E-state index contributed by atoms with van der Waals surface area (Å²) in [6.07, 6.45) is 6.38. The van der Waals surface area contributed by atoms with Crippen molar-refractivity contribution in [2.24, 2.45) is 0 Å². The number of rotatable bonds is 6. The molecule has 0 unspecified atom stereocenters. The molecule has 1 aromatic carbocycles. The predicted octanol–water partition coefficient (Wildman–Crippen LogP) is -0.507. The van der Waals surface area contributed by atoms with Crippen molar-refractivity contribution in [3.63, 3.8) is 0 Å². The van der Waals surface area contributed by atoms with E-state index >= 15 is 0 Å². The Balaban J connectivity index is 0.00000220. The Hall–Kier alpha value is -1.88. The summed E-state index contributed by atoms with van der Waals surface area (Å²) < 4.78 is 2.11. The van der Waals surface area contributed by atoms with E-state index in [1.165, 1.54) is 0 Å². The Morgan fingerprint density at radius 3 is 2.38 bits per heavy atom. The molecule has 2 aromatic rings. The number of hydrogen-bond acceptors (Lipinski definition) is 2. The Kier molecular flexibility index (Phi) is 7.46. The van der Waals surface area contributed by atoms with Gasteiger partial charge in [0.05, 0.1) is 0 Å². The van der Waals surface area contributed by atoms with E-state index < -0.39 is 0 Å². The number of hydrogen-bond donors (Lipinski definition) is 2. The van der Waals surface area contributed by atoms with Crippen molar-refractivity contribution in [2.45, 2.75) is 25.8 Å². The summed E-state index contributed by atoms with van der Waals surface area (Å²) in [5.41, 5.74) is 0.713. The van der Waals surface area contributed by atoms with Gasteiger partial charge in [0.1, 0.15) is 12.3 Å². The van der Waals surface area contributed by atoms with Gasteiger partial charge in [0.25, 0.3) is 0 Å². The molecule has 2 rings (SSSR count). The van der Waals surface area contributed by atoms with Gasteiger partial charge < -0.3 is 27.4 Å². The van der Waals surface area contributed by atoms with E-state index in [0.29, 0.717) is 12.1 Å². The number of nitrogens with one attached hydrogen (secondary N) is 1. The standard InChI is InChI=1S/C16H18N2O2.BrH/c19-15-9-7-14(8-10-15)17-16(20)6-2-5-13-18-11-3-1-4-12-18;/h1,3-4,7-12H,2,5-6,13H2,(H-,17,19,20);1H. The molecule has 5 heteroatoms. The van der Waals surface area contributed by atoms with E-state index in [1.54, 1.807) is 24.3 Å². The summed E-state index contributed by atoms with van der Waals surface area (Å²) in [5, 5.41) is 12.0. The molecule has 0 radical (unpaired) electrons. The molecule has 1 amide bonds. The molecule has 0 atom stereocenters. The van der Waals surface area contributed by atoms with E-state index in [9.17, 15) is 4.79 Å². The highest BCUT2D eigenvalue weighted by molar-refractivity contribution is 5.90. The van der Waals surface area contributed by atoms with Crippen molar-refractivity contribution in [2.75, 3.05) is 5.32 Å². The molecule has 0 saturated carbocycles. The molecule has 4 nitrogen and oxygen atoms in total. The van der Waals surface area contributed by atoms with Crippen LogP contribution in [0.2, 0.25) is 0 Å². The Morgan fingerprint density at radius 1 is 1.05 bits per heavy atom. The van der Waals surface area contributed by atoms with Gasteiger partial charge in [0, 0.05) is 30.7 Å². The molecule has 0 saturated heterocycles. The largest absolute Gasteiger partial charge is 1.00 e. The number of phenolic OH excluding ortho intramolecular Hbond substituents is 1. The van der Waals surface area contributed by atoms with Crippen LogP contribution in [-0.4, -0.2) is 11.0 Å². The van der Waals surface area contributed by atoms with Crippen LogP contribution in [0.1, 0.15) is 19.3 Å². The molecule has 1 heterocycles. The van der Waals surface area contributed by atoms with Crippen LogP contribution >= 0.6 is 0 Å². The van der Waals surface area contributed by atoms with Gasteiger partial charge in [-0.25, -0.2) is 4.57 Å². The molecule has 1 aromatic heterocycles. The number of nitrogens with zero attached hydrogens (tertiary/aromatic N) is 1. The highest BCUT2D eigenvalue weighted by Crippen LogP contribution is 2.14. The monoisotopic (exact) mass is 350 g/mol. The second-order valence-electron chi connectivity index (χ2n) is 4.67. The molecule has 21 heavy (non-hydrogen) atoms. The fourth-order valence-electron chi connectivity index (χ4n) is 1.93. The summed E-state index contributed by atoms with van der Waals surface area (Å²) in [6, 6.07) is 12.5. The number of halogens is 1. The maximum absolute atomic E-state index is 11.7. The SMILES string of the molecule is O=C(CCCC[n+]1ccccc1)Nc1ccc(O)cc1.[Br-]. The van der Waals surface area contributed by atoms with Gasteiger partial charge in [-0.1, -0.05) is 6.07 Å². The van der Waals surface area contributed by atoms with Gasteiger partial charge >= 0.3 is 0 Å². The summed E-state index contributed by atoms with van der Waals surface area (Å²) in [6.45, 7) is 0.924. The van der Waals surface area contributed by atoms with Gasteiger partial charge in [-0.15, -0.1) is 0 Å². The number of carbonyl (C=O) groups excluding carboxylic acids is 1. The minimum absolute atomic E-state index is 0. The number of aryl methyl sites for hydroxylation is 1. The summed E-state index contributed by atoms with van der Waals surface area (Å²) in [7, 11) is 0. The minimum atomic E-state index is 0. The summed E-state index contributed by atoms with van der Waals surface area (Å²) in [4.78, 5) is 11.7. The fraction of sp³-hybridized carbons (Fsp3) is 0.250.